The van der Waals surface area contributed by atoms with Gasteiger partial charge in [0.15, 0.2) is 6.10 Å². The molecule has 0 spiro atoms. The number of esters is 3. The van der Waals surface area contributed by atoms with Crippen LogP contribution in [0.4, 0.5) is 0 Å². The molecule has 0 saturated heterocycles. The summed E-state index contributed by atoms with van der Waals surface area (Å²) >= 11 is 0. The number of carbonyl (C=O) groups excluding carboxylic acids is 3. The van der Waals surface area contributed by atoms with Gasteiger partial charge in [-0.2, -0.15) is 0 Å². The highest BCUT2D eigenvalue weighted by Gasteiger charge is 2.19. The molecular formula is C58H96O6. The van der Waals surface area contributed by atoms with Crippen LogP contribution in [0.15, 0.2) is 97.2 Å². The first-order valence-corrected chi connectivity index (χ1v) is 26.2. The lowest BCUT2D eigenvalue weighted by atomic mass is 10.1. The lowest BCUT2D eigenvalue weighted by Gasteiger charge is -2.18. The van der Waals surface area contributed by atoms with Crippen LogP contribution in [0.2, 0.25) is 0 Å². The van der Waals surface area contributed by atoms with Crippen molar-refractivity contribution >= 4 is 17.9 Å². The largest absolute Gasteiger partial charge is 0.462 e. The summed E-state index contributed by atoms with van der Waals surface area (Å²) < 4.78 is 16.7. The van der Waals surface area contributed by atoms with Crippen LogP contribution in [-0.2, 0) is 28.6 Å². The van der Waals surface area contributed by atoms with Crippen LogP contribution in [0.25, 0.3) is 0 Å². The van der Waals surface area contributed by atoms with E-state index in [1.807, 2.05) is 0 Å². The number of unbranched alkanes of at least 4 members (excludes halogenated alkanes) is 19. The number of allylic oxidation sites excluding steroid dienone is 16. The van der Waals surface area contributed by atoms with Gasteiger partial charge < -0.3 is 14.2 Å². The summed E-state index contributed by atoms with van der Waals surface area (Å²) in [7, 11) is 0. The van der Waals surface area contributed by atoms with E-state index < -0.39 is 6.10 Å². The summed E-state index contributed by atoms with van der Waals surface area (Å²) in [6.45, 7) is 6.49. The molecule has 364 valence electrons. The molecule has 0 amide bonds. The Kier molecular flexibility index (Phi) is 49.0. The number of hydrogen-bond donors (Lipinski definition) is 0. The van der Waals surface area contributed by atoms with Gasteiger partial charge in [0.25, 0.3) is 0 Å². The molecular weight excluding hydrogens is 793 g/mol. The van der Waals surface area contributed by atoms with Crippen molar-refractivity contribution in [3.63, 3.8) is 0 Å². The summed E-state index contributed by atoms with van der Waals surface area (Å²) in [5.41, 5.74) is 0. The quantitative estimate of drug-likeness (QED) is 0.0262. The van der Waals surface area contributed by atoms with E-state index in [1.165, 1.54) is 96.3 Å². The summed E-state index contributed by atoms with van der Waals surface area (Å²) in [5, 5.41) is 0. The lowest BCUT2D eigenvalue weighted by Crippen LogP contribution is -2.30. The monoisotopic (exact) mass is 889 g/mol. The van der Waals surface area contributed by atoms with Crippen molar-refractivity contribution in [3.8, 4) is 0 Å². The number of carbonyl (C=O) groups is 3. The molecule has 0 heterocycles. The molecule has 0 aliphatic carbocycles. The Balaban J connectivity index is 4.51. The van der Waals surface area contributed by atoms with E-state index >= 15 is 0 Å². The average molecular weight is 889 g/mol. The minimum absolute atomic E-state index is 0.109. The van der Waals surface area contributed by atoms with E-state index in [2.05, 4.69) is 118 Å². The third kappa shape index (κ3) is 49.3. The van der Waals surface area contributed by atoms with Crippen molar-refractivity contribution in [1.29, 1.82) is 0 Å². The van der Waals surface area contributed by atoms with Gasteiger partial charge in [0.05, 0.1) is 0 Å². The van der Waals surface area contributed by atoms with Gasteiger partial charge in [0, 0.05) is 19.3 Å². The van der Waals surface area contributed by atoms with E-state index in [0.29, 0.717) is 19.3 Å². The van der Waals surface area contributed by atoms with Crippen molar-refractivity contribution in [2.24, 2.45) is 0 Å². The minimum Gasteiger partial charge on any atom is -0.462 e. The minimum atomic E-state index is -0.817. The fraction of sp³-hybridized carbons (Fsp3) is 0.672. The fourth-order valence-electron chi connectivity index (χ4n) is 6.83. The summed E-state index contributed by atoms with van der Waals surface area (Å²) in [5.74, 6) is -1.00. The van der Waals surface area contributed by atoms with Crippen LogP contribution >= 0.6 is 0 Å². The predicted octanol–water partition coefficient (Wildman–Crippen LogP) is 17.4. The number of hydrogen-bond acceptors (Lipinski definition) is 6. The molecule has 1 atom stereocenters. The maximum Gasteiger partial charge on any atom is 0.306 e. The molecule has 0 unspecified atom stereocenters. The van der Waals surface area contributed by atoms with Crippen LogP contribution in [0, 0.1) is 0 Å². The van der Waals surface area contributed by atoms with Crippen LogP contribution in [0.1, 0.15) is 233 Å². The zero-order chi connectivity index (χ0) is 46.5. The highest BCUT2D eigenvalue weighted by molar-refractivity contribution is 5.71. The van der Waals surface area contributed by atoms with Crippen LogP contribution in [-0.4, -0.2) is 37.2 Å². The Hall–Kier alpha value is -3.67. The fourth-order valence-corrected chi connectivity index (χ4v) is 6.83. The SMILES string of the molecule is CCCCC/C=C\C/C=C\C/C=C\C/C=C\CCCCCC(=O)OC[C@@H](COC(=O)CCCCCCCCCCCC)OC(=O)CCC/C=C\C/C=C\C/C=C\C/C=C\CCCCC. The molecule has 0 saturated carbocycles. The topological polar surface area (TPSA) is 78.9 Å². The van der Waals surface area contributed by atoms with Gasteiger partial charge in [-0.3, -0.25) is 14.4 Å². The Bertz CT molecular complexity index is 1300. The summed E-state index contributed by atoms with van der Waals surface area (Å²) in [4.78, 5) is 37.9. The third-order valence-corrected chi connectivity index (χ3v) is 10.8. The second kappa shape index (κ2) is 52.0. The van der Waals surface area contributed by atoms with E-state index in [-0.39, 0.29) is 37.5 Å². The summed E-state index contributed by atoms with van der Waals surface area (Å²) in [6.07, 6.45) is 68.2. The van der Waals surface area contributed by atoms with E-state index in [9.17, 15) is 14.4 Å². The molecule has 0 aliphatic rings. The average Bonchev–Trinajstić information content (AvgIpc) is 3.29. The normalized spacial score (nSPS) is 12.9. The number of rotatable bonds is 46. The molecule has 0 radical (unpaired) electrons. The molecule has 0 aromatic rings. The maximum absolute atomic E-state index is 12.8. The molecule has 0 fully saturated rings. The Morgan fingerprint density at radius 2 is 0.578 bits per heavy atom. The number of ether oxygens (including phenoxy) is 3. The Morgan fingerprint density at radius 1 is 0.312 bits per heavy atom. The highest BCUT2D eigenvalue weighted by Crippen LogP contribution is 2.13. The molecule has 6 nitrogen and oxygen atoms in total. The van der Waals surface area contributed by atoms with E-state index in [1.54, 1.807) is 0 Å². The highest BCUT2D eigenvalue weighted by atomic mass is 16.6. The van der Waals surface area contributed by atoms with Crippen molar-refractivity contribution in [3.05, 3.63) is 97.2 Å². The van der Waals surface area contributed by atoms with Gasteiger partial charge >= 0.3 is 17.9 Å². The van der Waals surface area contributed by atoms with Crippen molar-refractivity contribution in [2.75, 3.05) is 13.2 Å². The first-order chi connectivity index (χ1) is 31.5. The van der Waals surface area contributed by atoms with Gasteiger partial charge in [-0.1, -0.05) is 208 Å². The lowest BCUT2D eigenvalue weighted by molar-refractivity contribution is -0.167. The van der Waals surface area contributed by atoms with Crippen LogP contribution in [0.3, 0.4) is 0 Å². The summed E-state index contributed by atoms with van der Waals surface area (Å²) in [6, 6.07) is 0. The Morgan fingerprint density at radius 3 is 0.953 bits per heavy atom. The molecule has 6 heteroatoms. The van der Waals surface area contributed by atoms with Gasteiger partial charge in [0.1, 0.15) is 13.2 Å². The van der Waals surface area contributed by atoms with Crippen molar-refractivity contribution in [2.45, 2.75) is 239 Å². The zero-order valence-electron chi connectivity index (χ0n) is 41.5. The first kappa shape index (κ1) is 60.3. The Labute approximate surface area is 394 Å². The van der Waals surface area contributed by atoms with E-state index in [4.69, 9.17) is 14.2 Å². The van der Waals surface area contributed by atoms with Crippen molar-refractivity contribution in [1.82, 2.24) is 0 Å². The van der Waals surface area contributed by atoms with Gasteiger partial charge in [-0.05, 0) is 103 Å². The first-order valence-electron chi connectivity index (χ1n) is 26.2. The maximum atomic E-state index is 12.8. The molecule has 0 N–H and O–H groups in total. The van der Waals surface area contributed by atoms with Gasteiger partial charge in [0.2, 0.25) is 0 Å². The van der Waals surface area contributed by atoms with Crippen molar-refractivity contribution < 1.29 is 28.6 Å². The molecule has 0 aromatic heterocycles. The molecule has 64 heavy (non-hydrogen) atoms. The molecule has 0 bridgehead atoms. The van der Waals surface area contributed by atoms with E-state index in [0.717, 1.165) is 89.9 Å². The van der Waals surface area contributed by atoms with Gasteiger partial charge in [-0.25, -0.2) is 0 Å². The predicted molar refractivity (Wildman–Crippen MR) is 274 cm³/mol. The smallest absolute Gasteiger partial charge is 0.306 e. The molecule has 0 rings (SSSR count). The third-order valence-electron chi connectivity index (χ3n) is 10.8. The molecule has 0 aliphatic heterocycles. The van der Waals surface area contributed by atoms with Crippen LogP contribution in [0.5, 0.6) is 0 Å². The second-order valence-corrected chi connectivity index (χ2v) is 17.1. The second-order valence-electron chi connectivity index (χ2n) is 17.1. The molecule has 0 aromatic carbocycles. The zero-order valence-corrected chi connectivity index (χ0v) is 41.5. The standard InChI is InChI=1S/C58H96O6/c1-4-7-10-13-16-19-22-24-26-28-29-31-32-34-36-39-42-45-48-51-57(60)63-54-55(53-62-56(59)50-47-44-41-38-21-18-15-12-9-6-3)64-58(61)52-49-46-43-40-37-35-33-30-27-25-23-20-17-14-11-8-5-2/h16-17,19-20,24-27,29,31,33-36,40,43,55H,4-15,18,21-23,28,30,32,37-39,41-42,44-54H2,1-3H3/b19-16-,20-17-,26-24-,27-25-,31-29-,35-33-,36-34-,43-40-/t55-/m1/s1. The van der Waals surface area contributed by atoms with Crippen LogP contribution < -0.4 is 0 Å². The van der Waals surface area contributed by atoms with Gasteiger partial charge in [-0.15, -0.1) is 0 Å².